The first-order chi connectivity index (χ1) is 5.86. The summed E-state index contributed by atoms with van der Waals surface area (Å²) >= 11 is 1.84. The molecule has 0 saturated carbocycles. The van der Waals surface area contributed by atoms with Crippen molar-refractivity contribution in [3.05, 3.63) is 41.7 Å². The molecule has 1 aliphatic heterocycles. The molecular formula is C10H9FS. The zero-order chi connectivity index (χ0) is 8.39. The van der Waals surface area contributed by atoms with Crippen LogP contribution in [0.1, 0.15) is 12.0 Å². The molecule has 0 aromatic heterocycles. The Morgan fingerprint density at radius 3 is 2.50 bits per heavy atom. The summed E-state index contributed by atoms with van der Waals surface area (Å²) in [5.41, 5.74) is 1.14. The molecule has 0 unspecified atom stereocenters. The molecule has 0 saturated heterocycles. The summed E-state index contributed by atoms with van der Waals surface area (Å²) in [6, 6.07) is 6.68. The van der Waals surface area contributed by atoms with E-state index < -0.39 is 0 Å². The minimum absolute atomic E-state index is 0.164. The third-order valence-corrected chi connectivity index (χ3v) is 2.99. The highest BCUT2D eigenvalue weighted by Crippen LogP contribution is 2.33. The molecule has 1 aromatic carbocycles. The maximum atomic E-state index is 12.5. The second-order valence-corrected chi connectivity index (χ2v) is 3.85. The predicted molar refractivity (Wildman–Crippen MR) is 51.5 cm³/mol. The van der Waals surface area contributed by atoms with Crippen LogP contribution >= 0.6 is 11.8 Å². The van der Waals surface area contributed by atoms with Gasteiger partial charge in [0.1, 0.15) is 5.82 Å². The van der Waals surface area contributed by atoms with Gasteiger partial charge in [-0.2, -0.15) is 0 Å². The fourth-order valence-electron chi connectivity index (χ4n) is 1.23. The van der Waals surface area contributed by atoms with Crippen LogP contribution in [0.3, 0.4) is 0 Å². The predicted octanol–water partition coefficient (Wildman–Crippen LogP) is 3.30. The van der Waals surface area contributed by atoms with Gasteiger partial charge in [-0.25, -0.2) is 4.39 Å². The Balaban J connectivity index is 2.28. The lowest BCUT2D eigenvalue weighted by Gasteiger charge is -1.99. The van der Waals surface area contributed by atoms with Gasteiger partial charge < -0.3 is 0 Å². The van der Waals surface area contributed by atoms with Gasteiger partial charge in [-0.3, -0.25) is 0 Å². The van der Waals surface area contributed by atoms with E-state index in [1.165, 1.54) is 17.0 Å². The van der Waals surface area contributed by atoms with Crippen LogP contribution in [0, 0.1) is 5.82 Å². The number of allylic oxidation sites excluding steroid dienone is 1. The molecule has 0 amide bonds. The number of hydrogen-bond donors (Lipinski definition) is 0. The summed E-state index contributed by atoms with van der Waals surface area (Å²) in [5.74, 6) is 0.995. The van der Waals surface area contributed by atoms with Crippen LogP contribution in [0.2, 0.25) is 0 Å². The molecule has 62 valence electrons. The van der Waals surface area contributed by atoms with Crippen LogP contribution in [0.5, 0.6) is 0 Å². The lowest BCUT2D eigenvalue weighted by Crippen LogP contribution is -1.78. The zero-order valence-corrected chi connectivity index (χ0v) is 7.40. The lowest BCUT2D eigenvalue weighted by atomic mass is 10.2. The Labute approximate surface area is 75.5 Å². The first kappa shape index (κ1) is 7.87. The Hall–Kier alpha value is -0.760. The van der Waals surface area contributed by atoms with Crippen molar-refractivity contribution in [2.45, 2.75) is 6.42 Å². The SMILES string of the molecule is Fc1ccc(C2=CCCS2)cc1. The maximum Gasteiger partial charge on any atom is 0.123 e. The van der Waals surface area contributed by atoms with Crippen molar-refractivity contribution in [3.8, 4) is 0 Å². The zero-order valence-electron chi connectivity index (χ0n) is 6.59. The fourth-order valence-corrected chi connectivity index (χ4v) is 2.23. The first-order valence-electron chi connectivity index (χ1n) is 3.95. The normalized spacial score (nSPS) is 16.2. The van der Waals surface area contributed by atoms with Crippen LogP contribution in [-0.4, -0.2) is 5.75 Å². The van der Waals surface area contributed by atoms with E-state index in [-0.39, 0.29) is 5.82 Å². The van der Waals surface area contributed by atoms with Gasteiger partial charge in [0.05, 0.1) is 0 Å². The molecule has 0 aliphatic carbocycles. The molecule has 1 heterocycles. The number of halogens is 1. The highest BCUT2D eigenvalue weighted by molar-refractivity contribution is 8.08. The summed E-state index contributed by atoms with van der Waals surface area (Å²) in [4.78, 5) is 1.29. The topological polar surface area (TPSA) is 0 Å². The first-order valence-corrected chi connectivity index (χ1v) is 4.94. The van der Waals surface area contributed by atoms with Gasteiger partial charge in [0.15, 0.2) is 0 Å². The highest BCUT2D eigenvalue weighted by atomic mass is 32.2. The van der Waals surface area contributed by atoms with Gasteiger partial charge in [-0.05, 0) is 24.1 Å². The van der Waals surface area contributed by atoms with Crippen LogP contribution in [0.25, 0.3) is 4.91 Å². The van der Waals surface area contributed by atoms with E-state index in [1.807, 2.05) is 23.9 Å². The lowest BCUT2D eigenvalue weighted by molar-refractivity contribution is 0.628. The Morgan fingerprint density at radius 1 is 1.17 bits per heavy atom. The van der Waals surface area contributed by atoms with E-state index in [0.29, 0.717) is 0 Å². The quantitative estimate of drug-likeness (QED) is 0.639. The molecule has 0 spiro atoms. The number of hydrogen-bond acceptors (Lipinski definition) is 1. The van der Waals surface area contributed by atoms with Crippen molar-refractivity contribution in [2.75, 3.05) is 5.75 Å². The minimum atomic E-state index is -0.164. The molecule has 1 aromatic rings. The summed E-state index contributed by atoms with van der Waals surface area (Å²) in [7, 11) is 0. The second kappa shape index (κ2) is 3.31. The number of thioether (sulfide) groups is 1. The summed E-state index contributed by atoms with van der Waals surface area (Å²) in [6.45, 7) is 0. The van der Waals surface area contributed by atoms with Crippen molar-refractivity contribution >= 4 is 16.7 Å². The van der Waals surface area contributed by atoms with Gasteiger partial charge in [0, 0.05) is 10.7 Å². The standard InChI is InChI=1S/C10H9FS/c11-9-5-3-8(4-6-9)10-2-1-7-12-10/h2-6H,1,7H2. The summed E-state index contributed by atoms with van der Waals surface area (Å²) < 4.78 is 12.5. The van der Waals surface area contributed by atoms with Crippen molar-refractivity contribution in [2.24, 2.45) is 0 Å². The molecule has 0 bridgehead atoms. The molecule has 0 N–H and O–H groups in total. The van der Waals surface area contributed by atoms with Gasteiger partial charge in [-0.1, -0.05) is 18.2 Å². The molecular weight excluding hydrogens is 171 g/mol. The van der Waals surface area contributed by atoms with E-state index in [4.69, 9.17) is 0 Å². The monoisotopic (exact) mass is 180 g/mol. The van der Waals surface area contributed by atoms with Crippen molar-refractivity contribution in [1.29, 1.82) is 0 Å². The van der Waals surface area contributed by atoms with Gasteiger partial charge in [0.25, 0.3) is 0 Å². The Morgan fingerprint density at radius 2 is 1.92 bits per heavy atom. The van der Waals surface area contributed by atoms with Crippen LogP contribution in [0.15, 0.2) is 30.3 Å². The molecule has 0 atom stereocenters. The third kappa shape index (κ3) is 1.53. The van der Waals surface area contributed by atoms with Crippen molar-refractivity contribution in [1.82, 2.24) is 0 Å². The molecule has 0 fully saturated rings. The van der Waals surface area contributed by atoms with Gasteiger partial charge >= 0.3 is 0 Å². The average Bonchev–Trinajstić information content (AvgIpc) is 2.58. The molecule has 2 rings (SSSR count). The van der Waals surface area contributed by atoms with E-state index in [1.54, 1.807) is 0 Å². The molecule has 1 aliphatic rings. The highest BCUT2D eigenvalue weighted by Gasteiger charge is 2.06. The number of rotatable bonds is 1. The van der Waals surface area contributed by atoms with Crippen molar-refractivity contribution < 1.29 is 4.39 Å². The molecule has 0 radical (unpaired) electrons. The van der Waals surface area contributed by atoms with Gasteiger partial charge in [0.2, 0.25) is 0 Å². The van der Waals surface area contributed by atoms with E-state index in [0.717, 1.165) is 17.7 Å². The van der Waals surface area contributed by atoms with E-state index in [9.17, 15) is 4.39 Å². The van der Waals surface area contributed by atoms with E-state index in [2.05, 4.69) is 6.08 Å². The van der Waals surface area contributed by atoms with E-state index >= 15 is 0 Å². The molecule has 12 heavy (non-hydrogen) atoms. The van der Waals surface area contributed by atoms with Crippen LogP contribution in [-0.2, 0) is 0 Å². The second-order valence-electron chi connectivity index (χ2n) is 2.71. The third-order valence-electron chi connectivity index (χ3n) is 1.83. The summed E-state index contributed by atoms with van der Waals surface area (Å²) in [5, 5.41) is 0. The van der Waals surface area contributed by atoms with Crippen LogP contribution < -0.4 is 0 Å². The largest absolute Gasteiger partial charge is 0.207 e. The smallest absolute Gasteiger partial charge is 0.123 e. The Kier molecular flexibility index (Phi) is 2.17. The van der Waals surface area contributed by atoms with Crippen molar-refractivity contribution in [3.63, 3.8) is 0 Å². The Bertz CT molecular complexity index is 300. The fraction of sp³-hybridized carbons (Fsp3) is 0.200. The summed E-state index contributed by atoms with van der Waals surface area (Å²) in [6.07, 6.45) is 3.34. The van der Waals surface area contributed by atoms with Crippen LogP contribution in [0.4, 0.5) is 4.39 Å². The molecule has 0 nitrogen and oxygen atoms in total. The maximum absolute atomic E-state index is 12.5. The minimum Gasteiger partial charge on any atom is -0.207 e. The average molecular weight is 180 g/mol. The van der Waals surface area contributed by atoms with Gasteiger partial charge in [-0.15, -0.1) is 11.8 Å². The number of benzene rings is 1. The molecule has 2 heteroatoms.